The number of alkyl halides is 3. The first-order chi connectivity index (χ1) is 40.5. The van der Waals surface area contributed by atoms with Gasteiger partial charge in [-0.25, -0.2) is 10.9 Å². The fourth-order valence-electron chi connectivity index (χ4n) is 9.66. The molecule has 19 nitrogen and oxygen atoms in total. The molecule has 2 aliphatic rings. The lowest BCUT2D eigenvalue weighted by molar-refractivity contribution is -0.153. The third-order valence-electron chi connectivity index (χ3n) is 14.5. The molecule has 0 unspecified atom stereocenters. The van der Waals surface area contributed by atoms with Crippen LogP contribution in [0, 0.1) is 11.8 Å². The van der Waals surface area contributed by atoms with Gasteiger partial charge in [-0.1, -0.05) is 142 Å². The van der Waals surface area contributed by atoms with Gasteiger partial charge in [0.15, 0.2) is 0 Å². The van der Waals surface area contributed by atoms with Crippen molar-refractivity contribution in [2.45, 2.75) is 185 Å². The summed E-state index contributed by atoms with van der Waals surface area (Å²) in [6, 6.07) is 11.3. The van der Waals surface area contributed by atoms with Crippen LogP contribution in [-0.2, 0) is 43.1 Å². The van der Waals surface area contributed by atoms with Gasteiger partial charge in [0.05, 0.1) is 6.04 Å². The molecule has 2 heterocycles. The highest BCUT2D eigenvalue weighted by Crippen LogP contribution is 2.27. The van der Waals surface area contributed by atoms with Crippen LogP contribution in [-0.4, -0.2) is 141 Å². The number of nitrogens with zero attached hydrogens (tertiary/aromatic N) is 4. The number of benzene rings is 2. The Balaban J connectivity index is 0.000000500. The zero-order valence-electron chi connectivity index (χ0n) is 52.3. The van der Waals surface area contributed by atoms with Gasteiger partial charge in [-0.3, -0.25) is 48.4 Å². The van der Waals surface area contributed by atoms with Crippen molar-refractivity contribution in [1.82, 2.24) is 46.6 Å². The van der Waals surface area contributed by atoms with E-state index < -0.39 is 64.4 Å². The second-order valence-electron chi connectivity index (χ2n) is 22.5. The quantitative estimate of drug-likeness (QED) is 0.0202. The van der Waals surface area contributed by atoms with Crippen LogP contribution in [0.2, 0.25) is 0 Å². The number of carbonyl (C=O) groups excluding carboxylic acids is 8. The highest BCUT2D eigenvalue weighted by atomic mass is 35.6. The molecule has 478 valence electrons. The zero-order valence-corrected chi connectivity index (χ0v) is 54.6. The normalized spacial score (nSPS) is 17.0. The van der Waals surface area contributed by atoms with E-state index >= 15 is 0 Å². The summed E-state index contributed by atoms with van der Waals surface area (Å²) < 4.78 is 3.27. The Hall–Kier alpha value is -6.09. The molecule has 2 fully saturated rings. The zero-order chi connectivity index (χ0) is 64.8. The topological polar surface area (TPSA) is 245 Å². The Morgan fingerprint density at radius 3 is 1.48 bits per heavy atom. The predicted molar refractivity (Wildman–Crippen MR) is 345 cm³/mol. The molecule has 86 heavy (non-hydrogen) atoms. The molecule has 2 aromatic rings. The van der Waals surface area contributed by atoms with Gasteiger partial charge in [-0.05, 0) is 132 Å². The van der Waals surface area contributed by atoms with Crippen LogP contribution in [0.5, 0.6) is 0 Å². The van der Waals surface area contributed by atoms with E-state index in [1.165, 1.54) is 19.8 Å². The SMILES string of the molecule is C=CCCCCC(=O)N(C)[C@H](C(=O)N[C@@H](C)C(=O)N1CCC[C@@H](C(=O)N[C@H](C)c2cccc(C=C)c2)N1)C(C)C.C=CCCCCC(=O)N(C)[C@H](C(=O)N[C@@H](C)C(=O)N1CCC[C@@H](C(=O)OCC(Cl)(Cl)Cl)N1)C(C)C.C=Cc1cccc([C@@H](C)N)c1. The second kappa shape index (κ2) is 38.9. The van der Waals surface area contributed by atoms with Crippen LogP contribution in [0.3, 0.4) is 0 Å². The highest BCUT2D eigenvalue weighted by molar-refractivity contribution is 6.67. The molecular formula is C64H97Cl3N10O9. The first-order valence-electron chi connectivity index (χ1n) is 29.7. The molecule has 7 amide bonds. The Labute approximate surface area is 526 Å². The molecule has 2 aliphatic heterocycles. The average Bonchev–Trinajstić information content (AvgIpc) is 3.34. The van der Waals surface area contributed by atoms with Crippen molar-refractivity contribution in [3.63, 3.8) is 0 Å². The van der Waals surface area contributed by atoms with Gasteiger partial charge in [-0.15, -0.1) is 13.2 Å². The van der Waals surface area contributed by atoms with E-state index in [4.69, 9.17) is 45.3 Å². The maximum Gasteiger partial charge on any atom is 0.325 e. The number of allylic oxidation sites excluding steroid dienone is 2. The molecule has 0 spiro atoms. The molecule has 0 saturated carbocycles. The fraction of sp³-hybridized carbons (Fsp3) is 0.562. The van der Waals surface area contributed by atoms with E-state index in [0.29, 0.717) is 58.0 Å². The summed E-state index contributed by atoms with van der Waals surface area (Å²) in [6.45, 7) is 29.7. The van der Waals surface area contributed by atoms with Crippen LogP contribution >= 0.6 is 34.8 Å². The van der Waals surface area contributed by atoms with E-state index in [1.54, 1.807) is 34.0 Å². The first kappa shape index (κ1) is 76.0. The molecule has 0 aliphatic carbocycles. The largest absolute Gasteiger partial charge is 0.460 e. The van der Waals surface area contributed by atoms with E-state index in [0.717, 1.165) is 54.4 Å². The van der Waals surface area contributed by atoms with Gasteiger partial charge in [0.2, 0.25) is 33.3 Å². The van der Waals surface area contributed by atoms with Crippen molar-refractivity contribution in [2.75, 3.05) is 33.8 Å². The number of nitrogens with two attached hydrogens (primary N) is 1. The number of nitrogens with one attached hydrogen (secondary N) is 5. The minimum Gasteiger partial charge on any atom is -0.460 e. The first-order valence-corrected chi connectivity index (χ1v) is 30.9. The third-order valence-corrected chi connectivity index (χ3v) is 14.9. The number of halogens is 3. The molecule has 2 aromatic carbocycles. The van der Waals surface area contributed by atoms with E-state index in [9.17, 15) is 38.4 Å². The number of rotatable bonds is 28. The van der Waals surface area contributed by atoms with Crippen molar-refractivity contribution in [3.8, 4) is 0 Å². The Morgan fingerprint density at radius 2 is 1.07 bits per heavy atom. The Bertz CT molecular complexity index is 2580. The standard InChI is InChI=1S/C31H47N5O4.C23H37Cl3N4O5.C10H13N/c1-8-10-11-12-18-27(37)35(7)28(21(3)4)30(39)33-23(6)31(40)36-19-14-17-26(34-36)29(38)32-22(5)25-16-13-15-24(9-2)20-25;1-6-7-8-9-12-18(31)29(5)19(15(2)3)20(32)27-16(4)21(33)30-13-10-11-17(28-30)22(34)35-14-23(24,25)26;1-3-9-5-4-6-10(7-9)8(2)11/h8-9,13,15-16,20-23,26,28,34H,1-2,10-12,14,17-19H2,3-7H3,(H,32,38)(H,33,39);6,15-17,19,28H,1,7-14H2,2-5H3,(H,27,32);3-8H,1,11H2,2H3/t22-,23+,26+,28+;16-,17-,19-;8-/m101/s1. The van der Waals surface area contributed by atoms with Gasteiger partial charge >= 0.3 is 5.97 Å². The van der Waals surface area contributed by atoms with Gasteiger partial charge in [0.1, 0.15) is 42.9 Å². The summed E-state index contributed by atoms with van der Waals surface area (Å²) in [7, 11) is 3.24. The lowest BCUT2D eigenvalue weighted by atomic mass is 10.0. The van der Waals surface area contributed by atoms with Crippen molar-refractivity contribution in [1.29, 1.82) is 0 Å². The monoisotopic (exact) mass is 1250 g/mol. The number of esters is 1. The van der Waals surface area contributed by atoms with Crippen LogP contribution in [0.25, 0.3) is 12.2 Å². The van der Waals surface area contributed by atoms with Crippen LogP contribution < -0.4 is 32.5 Å². The second-order valence-corrected chi connectivity index (χ2v) is 25.1. The number of unbranched alkanes of at least 4 members (excludes halogenated alkanes) is 4. The maximum absolute atomic E-state index is 13.2. The van der Waals surface area contributed by atoms with E-state index in [-0.39, 0.29) is 53.5 Å². The van der Waals surface area contributed by atoms with E-state index in [2.05, 4.69) is 59.2 Å². The lowest BCUT2D eigenvalue weighted by Gasteiger charge is -2.36. The molecule has 0 radical (unpaired) electrons. The number of hydrogen-bond donors (Lipinski definition) is 6. The van der Waals surface area contributed by atoms with E-state index in [1.807, 2.05) is 102 Å². The number of likely N-dealkylation sites (N-methyl/N-ethyl adjacent to an activating group) is 2. The van der Waals surface area contributed by atoms with Crippen LogP contribution in [0.4, 0.5) is 0 Å². The maximum atomic E-state index is 13.2. The summed E-state index contributed by atoms with van der Waals surface area (Å²) in [6.07, 6.45) is 15.0. The Kier molecular flexibility index (Phi) is 34.4. The minimum atomic E-state index is -1.73. The fourth-order valence-corrected chi connectivity index (χ4v) is 9.82. The van der Waals surface area contributed by atoms with Gasteiger partial charge in [0.25, 0.3) is 11.8 Å². The molecular weight excluding hydrogens is 1160 g/mol. The summed E-state index contributed by atoms with van der Waals surface area (Å²) in [5.41, 5.74) is 15.8. The van der Waals surface area contributed by atoms with Gasteiger partial charge in [-0.2, -0.15) is 0 Å². The summed E-state index contributed by atoms with van der Waals surface area (Å²) in [5.74, 6) is -2.92. The molecule has 7 N–H and O–H groups in total. The number of hydrogen-bond acceptors (Lipinski definition) is 12. The van der Waals surface area contributed by atoms with Crippen molar-refractivity contribution < 1.29 is 43.1 Å². The highest BCUT2D eigenvalue weighted by Gasteiger charge is 2.37. The summed E-state index contributed by atoms with van der Waals surface area (Å²) in [5, 5.41) is 11.2. The van der Waals surface area contributed by atoms with Crippen molar-refractivity contribution in [2.24, 2.45) is 17.6 Å². The lowest BCUT2D eigenvalue weighted by Crippen LogP contribution is -2.62. The number of hydrazine groups is 2. The van der Waals surface area contributed by atoms with Crippen LogP contribution in [0.1, 0.15) is 167 Å². The molecule has 2 saturated heterocycles. The van der Waals surface area contributed by atoms with Crippen molar-refractivity contribution >= 4 is 94.3 Å². The molecule has 0 aromatic heterocycles. The Morgan fingerprint density at radius 1 is 0.651 bits per heavy atom. The molecule has 8 atom stereocenters. The van der Waals surface area contributed by atoms with Crippen LogP contribution in [0.15, 0.2) is 87.0 Å². The average molecular weight is 1260 g/mol. The number of carbonyl (C=O) groups is 8. The molecule has 0 bridgehead atoms. The smallest absolute Gasteiger partial charge is 0.325 e. The van der Waals surface area contributed by atoms with Gasteiger partial charge in [0, 0.05) is 46.1 Å². The summed E-state index contributed by atoms with van der Waals surface area (Å²) in [4.78, 5) is 106. The molecule has 4 rings (SSSR count). The van der Waals surface area contributed by atoms with Gasteiger partial charge < -0.3 is 36.2 Å². The number of amides is 7. The number of ether oxygens (including phenoxy) is 1. The molecule has 22 heteroatoms. The predicted octanol–water partition coefficient (Wildman–Crippen LogP) is 9.22. The summed E-state index contributed by atoms with van der Waals surface area (Å²) >= 11 is 16.8. The van der Waals surface area contributed by atoms with Crippen molar-refractivity contribution in [3.05, 3.63) is 109 Å². The minimum absolute atomic E-state index is 0.103. The third kappa shape index (κ3) is 26.5.